The number of amides is 1. The highest BCUT2D eigenvalue weighted by molar-refractivity contribution is 7.09. The molecule has 0 bridgehead atoms. The maximum absolute atomic E-state index is 12.2. The number of hydrogen-bond acceptors (Lipinski definition) is 5. The van der Waals surface area contributed by atoms with Crippen LogP contribution in [0.15, 0.2) is 41.9 Å². The Kier molecular flexibility index (Phi) is 5.35. The molecule has 0 saturated carbocycles. The topological polar surface area (TPSA) is 69.0 Å². The average Bonchev–Trinajstić information content (AvgIpc) is 3.19. The van der Waals surface area contributed by atoms with Gasteiger partial charge in [-0.25, -0.2) is 9.67 Å². The Morgan fingerprint density at radius 2 is 2.16 bits per heavy atom. The zero-order valence-electron chi connectivity index (χ0n) is 13.8. The molecular weight excluding hydrogens is 360 g/mol. The number of aromatic nitrogens is 3. The van der Waals surface area contributed by atoms with E-state index in [0.29, 0.717) is 11.6 Å². The van der Waals surface area contributed by atoms with E-state index in [0.717, 1.165) is 16.4 Å². The van der Waals surface area contributed by atoms with Crippen LogP contribution in [0.4, 0.5) is 0 Å². The summed E-state index contributed by atoms with van der Waals surface area (Å²) in [6, 6.07) is 9.53. The molecule has 0 aliphatic carbocycles. The van der Waals surface area contributed by atoms with Crippen molar-refractivity contribution in [2.24, 2.45) is 0 Å². The molecule has 8 heteroatoms. The van der Waals surface area contributed by atoms with E-state index in [1.165, 1.54) is 0 Å². The van der Waals surface area contributed by atoms with Crippen molar-refractivity contribution in [3.05, 3.63) is 57.6 Å². The summed E-state index contributed by atoms with van der Waals surface area (Å²) in [5.41, 5.74) is 1.68. The van der Waals surface area contributed by atoms with Crippen LogP contribution in [0.5, 0.6) is 5.88 Å². The lowest BCUT2D eigenvalue weighted by Crippen LogP contribution is -2.36. The van der Waals surface area contributed by atoms with Crippen LogP contribution in [0.25, 0.3) is 5.69 Å². The highest BCUT2D eigenvalue weighted by atomic mass is 35.5. The van der Waals surface area contributed by atoms with Crippen LogP contribution in [-0.2, 0) is 11.3 Å². The van der Waals surface area contributed by atoms with E-state index in [2.05, 4.69) is 15.4 Å². The van der Waals surface area contributed by atoms with Gasteiger partial charge in [-0.15, -0.1) is 16.4 Å². The van der Waals surface area contributed by atoms with Crippen molar-refractivity contribution in [2.75, 3.05) is 0 Å². The molecule has 0 radical (unpaired) electrons. The SMILES string of the molecule is Cc1nc(CNC(=O)C(C)Oc2nn(-c3ccccc3)cc2Cl)cs1. The molecule has 2 heterocycles. The van der Waals surface area contributed by atoms with Gasteiger partial charge in [-0.05, 0) is 26.0 Å². The molecule has 1 unspecified atom stereocenters. The number of carbonyl (C=O) groups excluding carboxylic acids is 1. The number of ether oxygens (including phenoxy) is 1. The molecule has 1 atom stereocenters. The first kappa shape index (κ1) is 17.4. The van der Waals surface area contributed by atoms with E-state index in [-0.39, 0.29) is 11.8 Å². The van der Waals surface area contributed by atoms with E-state index < -0.39 is 6.10 Å². The van der Waals surface area contributed by atoms with Gasteiger partial charge in [0.2, 0.25) is 0 Å². The summed E-state index contributed by atoms with van der Waals surface area (Å²) in [6.45, 7) is 3.94. The molecule has 0 saturated heterocycles. The molecule has 0 fully saturated rings. The monoisotopic (exact) mass is 376 g/mol. The second-order valence-electron chi connectivity index (χ2n) is 5.40. The van der Waals surface area contributed by atoms with Crippen LogP contribution in [0.3, 0.4) is 0 Å². The van der Waals surface area contributed by atoms with E-state index >= 15 is 0 Å². The molecular formula is C17H17ClN4O2S. The second kappa shape index (κ2) is 7.67. The van der Waals surface area contributed by atoms with Crippen LogP contribution in [0, 0.1) is 6.92 Å². The first-order valence-corrected chi connectivity index (χ1v) is 8.94. The minimum absolute atomic E-state index is 0.220. The number of halogens is 1. The summed E-state index contributed by atoms with van der Waals surface area (Å²) in [4.78, 5) is 16.5. The lowest BCUT2D eigenvalue weighted by molar-refractivity contribution is -0.127. The van der Waals surface area contributed by atoms with Crippen LogP contribution >= 0.6 is 22.9 Å². The standard InChI is InChI=1S/C17H17ClN4O2S/c1-11(16(23)19-8-13-10-25-12(2)20-13)24-17-15(18)9-22(21-17)14-6-4-3-5-7-14/h3-7,9-11H,8H2,1-2H3,(H,19,23). The number of thiazole rings is 1. The van der Waals surface area contributed by atoms with Crippen molar-refractivity contribution in [1.82, 2.24) is 20.1 Å². The van der Waals surface area contributed by atoms with Gasteiger partial charge in [0, 0.05) is 5.38 Å². The van der Waals surface area contributed by atoms with Gasteiger partial charge in [-0.1, -0.05) is 29.8 Å². The van der Waals surface area contributed by atoms with Gasteiger partial charge in [0.05, 0.1) is 29.1 Å². The fourth-order valence-electron chi connectivity index (χ4n) is 2.16. The molecule has 1 aromatic carbocycles. The molecule has 6 nitrogen and oxygen atoms in total. The van der Waals surface area contributed by atoms with Crippen LogP contribution in [0.2, 0.25) is 5.02 Å². The summed E-state index contributed by atoms with van der Waals surface area (Å²) >= 11 is 7.72. The molecule has 2 aromatic heterocycles. The van der Waals surface area contributed by atoms with E-state index in [1.54, 1.807) is 29.1 Å². The first-order valence-electron chi connectivity index (χ1n) is 7.69. The summed E-state index contributed by atoms with van der Waals surface area (Å²) < 4.78 is 7.22. The normalized spacial score (nSPS) is 12.0. The molecule has 1 N–H and O–H groups in total. The molecule has 3 aromatic rings. The Balaban J connectivity index is 1.61. The number of nitrogens with zero attached hydrogens (tertiary/aromatic N) is 3. The third kappa shape index (κ3) is 4.37. The lowest BCUT2D eigenvalue weighted by atomic mass is 10.3. The van der Waals surface area contributed by atoms with E-state index in [1.807, 2.05) is 42.6 Å². The minimum Gasteiger partial charge on any atom is -0.462 e. The molecule has 0 spiro atoms. The van der Waals surface area contributed by atoms with Crippen molar-refractivity contribution in [1.29, 1.82) is 0 Å². The fourth-order valence-corrected chi connectivity index (χ4v) is 2.95. The Hall–Kier alpha value is -2.38. The predicted octanol–water partition coefficient (Wildman–Crippen LogP) is 3.37. The number of nitrogens with one attached hydrogen (secondary N) is 1. The second-order valence-corrected chi connectivity index (χ2v) is 6.87. The van der Waals surface area contributed by atoms with E-state index in [4.69, 9.17) is 16.3 Å². The fraction of sp³-hybridized carbons (Fsp3) is 0.235. The maximum Gasteiger partial charge on any atom is 0.261 e. The minimum atomic E-state index is -0.726. The summed E-state index contributed by atoms with van der Waals surface area (Å²) in [5.74, 6) is -0.0337. The van der Waals surface area contributed by atoms with Crippen LogP contribution in [0.1, 0.15) is 17.6 Å². The van der Waals surface area contributed by atoms with Gasteiger partial charge < -0.3 is 10.1 Å². The molecule has 3 rings (SSSR count). The van der Waals surface area contributed by atoms with Crippen molar-refractivity contribution in [3.63, 3.8) is 0 Å². The Labute approximate surface area is 154 Å². The molecule has 25 heavy (non-hydrogen) atoms. The molecule has 1 amide bonds. The van der Waals surface area contributed by atoms with Crippen molar-refractivity contribution < 1.29 is 9.53 Å². The number of benzene rings is 1. The summed E-state index contributed by atoms with van der Waals surface area (Å²) in [7, 11) is 0. The number of para-hydroxylation sites is 1. The number of carbonyl (C=O) groups is 1. The predicted molar refractivity (Wildman–Crippen MR) is 97.4 cm³/mol. The van der Waals surface area contributed by atoms with E-state index in [9.17, 15) is 4.79 Å². The third-order valence-corrected chi connectivity index (χ3v) is 4.51. The van der Waals surface area contributed by atoms with Gasteiger partial charge in [0.25, 0.3) is 11.8 Å². The van der Waals surface area contributed by atoms with Crippen molar-refractivity contribution in [2.45, 2.75) is 26.5 Å². The molecule has 130 valence electrons. The summed E-state index contributed by atoms with van der Waals surface area (Å²) in [6.07, 6.45) is 0.922. The van der Waals surface area contributed by atoms with Crippen LogP contribution in [-0.4, -0.2) is 26.8 Å². The van der Waals surface area contributed by atoms with Gasteiger partial charge in [-0.2, -0.15) is 0 Å². The van der Waals surface area contributed by atoms with Gasteiger partial charge in [0.15, 0.2) is 6.10 Å². The van der Waals surface area contributed by atoms with Crippen LogP contribution < -0.4 is 10.1 Å². The van der Waals surface area contributed by atoms with Crippen molar-refractivity contribution in [3.8, 4) is 11.6 Å². The Morgan fingerprint density at radius 1 is 1.40 bits per heavy atom. The maximum atomic E-state index is 12.2. The van der Waals surface area contributed by atoms with Gasteiger partial charge in [-0.3, -0.25) is 4.79 Å². The van der Waals surface area contributed by atoms with Gasteiger partial charge >= 0.3 is 0 Å². The highest BCUT2D eigenvalue weighted by Gasteiger charge is 2.19. The Bertz CT molecular complexity index is 863. The molecule has 0 aliphatic heterocycles. The lowest BCUT2D eigenvalue weighted by Gasteiger charge is -2.12. The Morgan fingerprint density at radius 3 is 2.84 bits per heavy atom. The first-order chi connectivity index (χ1) is 12.0. The third-order valence-electron chi connectivity index (χ3n) is 3.43. The zero-order valence-corrected chi connectivity index (χ0v) is 15.3. The highest BCUT2D eigenvalue weighted by Crippen LogP contribution is 2.25. The number of aryl methyl sites for hydroxylation is 1. The average molecular weight is 377 g/mol. The number of rotatable bonds is 6. The van der Waals surface area contributed by atoms with Crippen molar-refractivity contribution >= 4 is 28.8 Å². The van der Waals surface area contributed by atoms with Gasteiger partial charge in [0.1, 0.15) is 5.02 Å². The smallest absolute Gasteiger partial charge is 0.261 e. The largest absolute Gasteiger partial charge is 0.462 e. The summed E-state index contributed by atoms with van der Waals surface area (Å²) in [5, 5.41) is 10.3. The zero-order chi connectivity index (χ0) is 17.8. The molecule has 0 aliphatic rings. The number of hydrogen-bond donors (Lipinski definition) is 1. The quantitative estimate of drug-likeness (QED) is 0.716.